The first-order valence-corrected chi connectivity index (χ1v) is 9.45. The van der Waals surface area contributed by atoms with E-state index in [1.54, 1.807) is 48.5 Å². The summed E-state index contributed by atoms with van der Waals surface area (Å²) < 4.78 is 11.7. The number of furan rings is 1. The molecule has 1 aromatic heterocycles. The maximum atomic E-state index is 13.1. The predicted molar refractivity (Wildman–Crippen MR) is 118 cm³/mol. The van der Waals surface area contributed by atoms with Crippen molar-refractivity contribution in [3.63, 3.8) is 0 Å². The highest BCUT2D eigenvalue weighted by Crippen LogP contribution is 2.32. The summed E-state index contributed by atoms with van der Waals surface area (Å²) in [4.78, 5) is 13.1. The van der Waals surface area contributed by atoms with Crippen LogP contribution in [0.2, 0.25) is 5.02 Å². The maximum Gasteiger partial charge on any atom is 0.231 e. The summed E-state index contributed by atoms with van der Waals surface area (Å²) in [6.07, 6.45) is 0. The Labute approximate surface area is 177 Å². The number of ketones is 1. The van der Waals surface area contributed by atoms with Gasteiger partial charge in [-0.1, -0.05) is 29.8 Å². The molecular weight excluding hydrogens is 408 g/mol. The van der Waals surface area contributed by atoms with Crippen LogP contribution in [0.1, 0.15) is 16.1 Å². The third kappa shape index (κ3) is 4.23. The van der Waals surface area contributed by atoms with E-state index in [4.69, 9.17) is 38.7 Å². The molecule has 0 aliphatic rings. The van der Waals surface area contributed by atoms with Gasteiger partial charge in [0.15, 0.2) is 10.9 Å². The topological polar surface area (TPSA) is 77.5 Å². The Morgan fingerprint density at radius 3 is 2.52 bits per heavy atom. The molecule has 5 nitrogen and oxygen atoms in total. The monoisotopic (exact) mass is 422 g/mol. The van der Waals surface area contributed by atoms with Crippen LogP contribution in [0.3, 0.4) is 0 Å². The molecule has 0 spiro atoms. The number of benzene rings is 3. The standard InChI is InChI=1S/C22H15ClN2O3S/c23-14-5-8-16(9-6-14)27-19-12-15(25-22(24)29)7-10-17(19)21(26)20-11-13-3-1-2-4-18(13)28-20/h1-12H,(H3,24,25,29). The minimum absolute atomic E-state index is 0.110. The molecule has 7 heteroatoms. The van der Waals surface area contributed by atoms with Crippen molar-refractivity contribution in [2.24, 2.45) is 5.73 Å². The quantitative estimate of drug-likeness (QED) is 0.314. The lowest BCUT2D eigenvalue weighted by molar-refractivity contribution is 0.101. The molecule has 1 heterocycles. The van der Waals surface area contributed by atoms with Gasteiger partial charge in [0.2, 0.25) is 5.78 Å². The molecule has 0 atom stereocenters. The van der Waals surface area contributed by atoms with Gasteiger partial charge in [0.05, 0.1) is 5.56 Å². The Bertz CT molecular complexity index is 1190. The van der Waals surface area contributed by atoms with Crippen LogP contribution in [0.5, 0.6) is 11.5 Å². The number of carbonyl (C=O) groups excluding carboxylic acids is 1. The van der Waals surface area contributed by atoms with Gasteiger partial charge < -0.3 is 20.2 Å². The summed E-state index contributed by atoms with van der Waals surface area (Å²) in [5.74, 6) is 0.786. The molecule has 0 saturated carbocycles. The first kappa shape index (κ1) is 19.0. The summed E-state index contributed by atoms with van der Waals surface area (Å²) in [6, 6.07) is 21.0. The molecule has 0 aliphatic heterocycles. The fraction of sp³-hybridized carbons (Fsp3) is 0. The Balaban J connectivity index is 1.74. The van der Waals surface area contributed by atoms with Gasteiger partial charge in [0.25, 0.3) is 0 Å². The number of hydrogen-bond donors (Lipinski definition) is 2. The van der Waals surface area contributed by atoms with Gasteiger partial charge in [-0.15, -0.1) is 0 Å². The van der Waals surface area contributed by atoms with Crippen molar-refractivity contribution in [1.29, 1.82) is 0 Å². The summed E-state index contributed by atoms with van der Waals surface area (Å²) in [6.45, 7) is 0. The molecule has 0 bridgehead atoms. The average Bonchev–Trinajstić information content (AvgIpc) is 3.13. The van der Waals surface area contributed by atoms with Crippen LogP contribution in [0.25, 0.3) is 11.0 Å². The van der Waals surface area contributed by atoms with Crippen LogP contribution >= 0.6 is 23.8 Å². The van der Waals surface area contributed by atoms with Crippen molar-refractivity contribution >= 4 is 51.4 Å². The number of carbonyl (C=O) groups is 1. The Morgan fingerprint density at radius 2 is 1.79 bits per heavy atom. The van der Waals surface area contributed by atoms with Crippen LogP contribution in [-0.2, 0) is 0 Å². The number of hydrogen-bond acceptors (Lipinski definition) is 4. The largest absolute Gasteiger partial charge is 0.457 e. The average molecular weight is 423 g/mol. The number of para-hydroxylation sites is 1. The summed E-state index contributed by atoms with van der Waals surface area (Å²) in [5, 5.41) is 4.38. The van der Waals surface area contributed by atoms with Crippen molar-refractivity contribution in [3.8, 4) is 11.5 Å². The summed E-state index contributed by atoms with van der Waals surface area (Å²) in [5.41, 5.74) is 7.14. The Kier molecular flexibility index (Phi) is 5.20. The molecule has 4 rings (SSSR count). The number of anilines is 1. The normalized spacial score (nSPS) is 10.7. The minimum atomic E-state index is -0.299. The molecule has 0 saturated heterocycles. The lowest BCUT2D eigenvalue weighted by Crippen LogP contribution is -2.19. The van der Waals surface area contributed by atoms with Crippen molar-refractivity contribution in [1.82, 2.24) is 0 Å². The van der Waals surface area contributed by atoms with Gasteiger partial charge in [-0.25, -0.2) is 0 Å². The molecule has 4 aromatic rings. The van der Waals surface area contributed by atoms with E-state index in [9.17, 15) is 4.79 Å². The fourth-order valence-corrected chi connectivity index (χ4v) is 3.11. The Hall–Kier alpha value is -3.35. The van der Waals surface area contributed by atoms with Crippen molar-refractivity contribution in [2.45, 2.75) is 0 Å². The van der Waals surface area contributed by atoms with Crippen molar-refractivity contribution < 1.29 is 13.9 Å². The number of nitrogens with two attached hydrogens (primary N) is 1. The SMILES string of the molecule is NC(=S)Nc1ccc(C(=O)c2cc3ccccc3o2)c(Oc2ccc(Cl)cc2)c1. The lowest BCUT2D eigenvalue weighted by atomic mass is 10.1. The van der Waals surface area contributed by atoms with Crippen LogP contribution in [-0.4, -0.2) is 10.9 Å². The summed E-state index contributed by atoms with van der Waals surface area (Å²) in [7, 11) is 0. The van der Waals surface area contributed by atoms with E-state index in [-0.39, 0.29) is 16.7 Å². The molecule has 0 fully saturated rings. The molecule has 0 aliphatic carbocycles. The van der Waals surface area contributed by atoms with Gasteiger partial charge in [-0.05, 0) is 60.7 Å². The first-order valence-electron chi connectivity index (χ1n) is 8.67. The zero-order chi connectivity index (χ0) is 20.4. The van der Waals surface area contributed by atoms with Crippen LogP contribution in [0.15, 0.2) is 77.2 Å². The highest BCUT2D eigenvalue weighted by Gasteiger charge is 2.20. The molecular formula is C22H15ClN2O3S. The van der Waals surface area contributed by atoms with Crippen LogP contribution in [0, 0.1) is 0 Å². The molecule has 0 unspecified atom stereocenters. The molecule has 0 radical (unpaired) electrons. The number of rotatable bonds is 5. The van der Waals surface area contributed by atoms with E-state index in [1.165, 1.54) is 0 Å². The van der Waals surface area contributed by atoms with Crippen molar-refractivity contribution in [3.05, 3.63) is 89.1 Å². The van der Waals surface area contributed by atoms with E-state index in [0.717, 1.165) is 5.39 Å². The number of fused-ring (bicyclic) bond motifs is 1. The summed E-state index contributed by atoms with van der Waals surface area (Å²) >= 11 is 10.8. The van der Waals surface area contributed by atoms with E-state index >= 15 is 0 Å². The molecule has 29 heavy (non-hydrogen) atoms. The predicted octanol–water partition coefficient (Wildman–Crippen LogP) is 5.77. The molecule has 0 amide bonds. The third-order valence-corrected chi connectivity index (χ3v) is 4.54. The van der Waals surface area contributed by atoms with Gasteiger partial charge in [0, 0.05) is 22.2 Å². The highest BCUT2D eigenvalue weighted by atomic mass is 35.5. The molecule has 3 aromatic carbocycles. The molecule has 3 N–H and O–H groups in total. The van der Waals surface area contributed by atoms with Gasteiger partial charge in [0.1, 0.15) is 17.1 Å². The number of ether oxygens (including phenoxy) is 1. The second kappa shape index (κ2) is 7.95. The lowest BCUT2D eigenvalue weighted by Gasteiger charge is -2.12. The Morgan fingerprint density at radius 1 is 1.03 bits per heavy atom. The molecule has 144 valence electrons. The van der Waals surface area contributed by atoms with Crippen molar-refractivity contribution in [2.75, 3.05) is 5.32 Å². The van der Waals surface area contributed by atoms with Crippen LogP contribution < -0.4 is 15.8 Å². The van der Waals surface area contributed by atoms with Crippen LogP contribution in [0.4, 0.5) is 5.69 Å². The zero-order valence-corrected chi connectivity index (χ0v) is 16.6. The van der Waals surface area contributed by atoms with E-state index in [1.807, 2.05) is 24.3 Å². The van der Waals surface area contributed by atoms with E-state index in [2.05, 4.69) is 5.32 Å². The number of nitrogens with one attached hydrogen (secondary N) is 1. The van der Waals surface area contributed by atoms with Gasteiger partial charge >= 0.3 is 0 Å². The highest BCUT2D eigenvalue weighted by molar-refractivity contribution is 7.80. The van der Waals surface area contributed by atoms with Gasteiger partial charge in [-0.3, -0.25) is 4.79 Å². The van der Waals surface area contributed by atoms with E-state index < -0.39 is 0 Å². The second-order valence-electron chi connectivity index (χ2n) is 6.23. The number of thiocarbonyl (C=S) groups is 1. The fourth-order valence-electron chi connectivity index (χ4n) is 2.87. The second-order valence-corrected chi connectivity index (χ2v) is 7.11. The maximum absolute atomic E-state index is 13.1. The van der Waals surface area contributed by atoms with Gasteiger partial charge in [-0.2, -0.15) is 0 Å². The first-order chi connectivity index (χ1) is 14.0. The third-order valence-electron chi connectivity index (χ3n) is 4.18. The minimum Gasteiger partial charge on any atom is -0.457 e. The zero-order valence-electron chi connectivity index (χ0n) is 15.0. The smallest absolute Gasteiger partial charge is 0.231 e. The number of halogens is 1. The van der Waals surface area contributed by atoms with E-state index in [0.29, 0.717) is 33.4 Å².